The van der Waals surface area contributed by atoms with Crippen LogP contribution in [0.5, 0.6) is 0 Å². The maximum absolute atomic E-state index is 12.5. The highest BCUT2D eigenvalue weighted by atomic mass is 16.4. The monoisotopic (exact) mass is 379 g/mol. The zero-order valence-electron chi connectivity index (χ0n) is 15.5. The maximum atomic E-state index is 12.5. The van der Waals surface area contributed by atoms with Gasteiger partial charge in [-0.1, -0.05) is 30.3 Å². The van der Waals surface area contributed by atoms with Crippen LogP contribution in [-0.2, 0) is 11.2 Å². The summed E-state index contributed by atoms with van der Waals surface area (Å²) in [5.41, 5.74) is 2.13. The summed E-state index contributed by atoms with van der Waals surface area (Å²) in [5.74, 6) is -0.265. The number of nitrogens with one attached hydrogen (secondary N) is 1. The number of fused-ring (bicyclic) bond motifs is 1. The molecule has 1 saturated heterocycles. The van der Waals surface area contributed by atoms with E-state index >= 15 is 0 Å². The van der Waals surface area contributed by atoms with Crippen LogP contribution >= 0.6 is 0 Å². The van der Waals surface area contributed by atoms with Gasteiger partial charge in [-0.05, 0) is 31.0 Å². The standard InChI is InChI=1S/C21H21N3O4/c1-21(19(25)26)9-10-24(13-21)20(27)22-15-7-8-16-17(12-15)28-18(23-16)11-14-5-3-2-4-6-14/h2-8,12H,9-11,13H2,1H3,(H,22,27)(H,25,26). The van der Waals surface area contributed by atoms with E-state index in [0.29, 0.717) is 36.5 Å². The third-order valence-corrected chi connectivity index (χ3v) is 5.16. The smallest absolute Gasteiger partial charge is 0.321 e. The first-order valence-electron chi connectivity index (χ1n) is 9.16. The molecule has 1 unspecified atom stereocenters. The number of benzene rings is 2. The second kappa shape index (κ2) is 6.99. The number of urea groups is 1. The molecule has 0 saturated carbocycles. The van der Waals surface area contributed by atoms with Crippen LogP contribution in [0.1, 0.15) is 24.8 Å². The molecule has 1 aliphatic rings. The van der Waals surface area contributed by atoms with E-state index in [9.17, 15) is 14.7 Å². The van der Waals surface area contributed by atoms with Gasteiger partial charge in [0.15, 0.2) is 11.5 Å². The second-order valence-electron chi connectivity index (χ2n) is 7.42. The summed E-state index contributed by atoms with van der Waals surface area (Å²) in [6.07, 6.45) is 1.04. The number of carboxylic acid groups (broad SMARTS) is 1. The summed E-state index contributed by atoms with van der Waals surface area (Å²) < 4.78 is 5.83. The Bertz CT molecular complexity index is 1030. The van der Waals surface area contributed by atoms with Gasteiger partial charge in [-0.15, -0.1) is 0 Å². The van der Waals surface area contributed by atoms with Gasteiger partial charge in [0, 0.05) is 31.3 Å². The first kappa shape index (κ1) is 18.0. The third kappa shape index (κ3) is 3.55. The van der Waals surface area contributed by atoms with Gasteiger partial charge in [0.2, 0.25) is 0 Å². The lowest BCUT2D eigenvalue weighted by Gasteiger charge is -2.20. The van der Waals surface area contributed by atoms with Crippen molar-refractivity contribution in [2.75, 3.05) is 18.4 Å². The van der Waals surface area contributed by atoms with Gasteiger partial charge in [0.1, 0.15) is 5.52 Å². The van der Waals surface area contributed by atoms with Gasteiger partial charge in [-0.3, -0.25) is 4.79 Å². The van der Waals surface area contributed by atoms with Crippen molar-refractivity contribution >= 4 is 28.8 Å². The van der Waals surface area contributed by atoms with Gasteiger partial charge >= 0.3 is 12.0 Å². The summed E-state index contributed by atoms with van der Waals surface area (Å²) in [4.78, 5) is 29.9. The summed E-state index contributed by atoms with van der Waals surface area (Å²) in [5, 5.41) is 12.1. The Kier molecular flexibility index (Phi) is 4.50. The number of anilines is 1. The number of aromatic nitrogens is 1. The first-order valence-corrected chi connectivity index (χ1v) is 9.16. The van der Waals surface area contributed by atoms with Crippen molar-refractivity contribution in [3.8, 4) is 0 Å². The molecule has 2 N–H and O–H groups in total. The maximum Gasteiger partial charge on any atom is 0.321 e. The van der Waals surface area contributed by atoms with Crippen LogP contribution in [0.2, 0.25) is 0 Å². The highest BCUT2D eigenvalue weighted by Gasteiger charge is 2.42. The number of nitrogens with zero attached hydrogens (tertiary/aromatic N) is 2. The number of hydrogen-bond donors (Lipinski definition) is 2. The fourth-order valence-electron chi connectivity index (χ4n) is 3.41. The van der Waals surface area contributed by atoms with Crippen molar-refractivity contribution < 1.29 is 19.1 Å². The largest absolute Gasteiger partial charge is 0.481 e. The Morgan fingerprint density at radius 1 is 1.25 bits per heavy atom. The Morgan fingerprint density at radius 3 is 2.75 bits per heavy atom. The average molecular weight is 379 g/mol. The van der Waals surface area contributed by atoms with E-state index in [1.165, 1.54) is 4.90 Å². The number of carboxylic acids is 1. The Morgan fingerprint density at radius 2 is 2.04 bits per heavy atom. The zero-order chi connectivity index (χ0) is 19.7. The topological polar surface area (TPSA) is 95.7 Å². The predicted molar refractivity (Wildman–Crippen MR) is 104 cm³/mol. The van der Waals surface area contributed by atoms with Crippen molar-refractivity contribution in [1.29, 1.82) is 0 Å². The molecule has 1 aliphatic heterocycles. The molecule has 0 aliphatic carbocycles. The number of carbonyl (C=O) groups is 2. The van der Waals surface area contributed by atoms with Crippen molar-refractivity contribution in [3.63, 3.8) is 0 Å². The van der Waals surface area contributed by atoms with E-state index in [1.807, 2.05) is 30.3 Å². The minimum absolute atomic E-state index is 0.194. The minimum Gasteiger partial charge on any atom is -0.481 e. The molecule has 7 heteroatoms. The molecular formula is C21H21N3O4. The SMILES string of the molecule is CC1(C(=O)O)CCN(C(=O)Nc2ccc3nc(Cc4ccccc4)oc3c2)C1. The molecule has 0 radical (unpaired) electrons. The Balaban J connectivity index is 1.46. The van der Waals surface area contributed by atoms with Crippen LogP contribution in [0.25, 0.3) is 11.1 Å². The van der Waals surface area contributed by atoms with Crippen molar-refractivity contribution in [2.45, 2.75) is 19.8 Å². The molecule has 1 fully saturated rings. The molecule has 4 rings (SSSR count). The van der Waals surface area contributed by atoms with E-state index in [2.05, 4.69) is 10.3 Å². The highest BCUT2D eigenvalue weighted by molar-refractivity contribution is 5.92. The molecule has 2 amide bonds. The molecule has 2 heterocycles. The van der Waals surface area contributed by atoms with Crippen molar-refractivity contribution in [2.24, 2.45) is 5.41 Å². The van der Waals surface area contributed by atoms with Crippen molar-refractivity contribution in [3.05, 3.63) is 60.0 Å². The molecule has 0 bridgehead atoms. The van der Waals surface area contributed by atoms with Gasteiger partial charge < -0.3 is 19.7 Å². The fraction of sp³-hybridized carbons (Fsp3) is 0.286. The lowest BCUT2D eigenvalue weighted by molar-refractivity contribution is -0.146. The van der Waals surface area contributed by atoms with E-state index in [1.54, 1.807) is 25.1 Å². The highest BCUT2D eigenvalue weighted by Crippen LogP contribution is 2.30. The predicted octanol–water partition coefficient (Wildman–Crippen LogP) is 3.75. The average Bonchev–Trinajstić information content (AvgIpc) is 3.26. The second-order valence-corrected chi connectivity index (χ2v) is 7.42. The molecule has 2 aromatic carbocycles. The number of hydrogen-bond acceptors (Lipinski definition) is 4. The Hall–Kier alpha value is -3.35. The fourth-order valence-corrected chi connectivity index (χ4v) is 3.41. The lowest BCUT2D eigenvalue weighted by atomic mass is 9.90. The zero-order valence-corrected chi connectivity index (χ0v) is 15.5. The molecule has 1 aromatic heterocycles. The normalized spacial score (nSPS) is 19.1. The van der Waals surface area contributed by atoms with Crippen LogP contribution in [-0.4, -0.2) is 40.1 Å². The molecule has 7 nitrogen and oxygen atoms in total. The first-order chi connectivity index (χ1) is 13.4. The van der Waals surface area contributed by atoms with E-state index < -0.39 is 11.4 Å². The summed E-state index contributed by atoms with van der Waals surface area (Å²) in [6.45, 7) is 2.28. The van der Waals surface area contributed by atoms with Gasteiger partial charge in [0.25, 0.3) is 0 Å². The summed E-state index contributed by atoms with van der Waals surface area (Å²) in [6, 6.07) is 14.9. The molecule has 3 aromatic rings. The molecule has 144 valence electrons. The molecule has 28 heavy (non-hydrogen) atoms. The number of rotatable bonds is 4. The van der Waals surface area contributed by atoms with Gasteiger partial charge in [-0.2, -0.15) is 0 Å². The minimum atomic E-state index is -0.890. The quantitative estimate of drug-likeness (QED) is 0.720. The number of amides is 2. The van der Waals surface area contributed by atoms with Crippen LogP contribution in [0.4, 0.5) is 10.5 Å². The van der Waals surface area contributed by atoms with E-state index in [-0.39, 0.29) is 12.6 Å². The molecule has 0 spiro atoms. The van der Waals surface area contributed by atoms with Crippen LogP contribution in [0, 0.1) is 5.41 Å². The van der Waals surface area contributed by atoms with Crippen LogP contribution in [0.15, 0.2) is 52.9 Å². The molecule has 1 atom stereocenters. The van der Waals surface area contributed by atoms with Crippen LogP contribution in [0.3, 0.4) is 0 Å². The number of likely N-dealkylation sites (tertiary alicyclic amines) is 1. The number of oxazole rings is 1. The Labute approximate surface area is 162 Å². The van der Waals surface area contributed by atoms with Gasteiger partial charge in [0.05, 0.1) is 5.41 Å². The van der Waals surface area contributed by atoms with Crippen LogP contribution < -0.4 is 5.32 Å². The summed E-state index contributed by atoms with van der Waals surface area (Å²) in [7, 11) is 0. The third-order valence-electron chi connectivity index (χ3n) is 5.16. The van der Waals surface area contributed by atoms with E-state index in [4.69, 9.17) is 4.42 Å². The lowest BCUT2D eigenvalue weighted by Crippen LogP contribution is -2.37. The number of aliphatic carboxylic acids is 1. The summed E-state index contributed by atoms with van der Waals surface area (Å²) >= 11 is 0. The number of carbonyl (C=O) groups excluding carboxylic acids is 1. The van der Waals surface area contributed by atoms with Crippen molar-refractivity contribution in [1.82, 2.24) is 9.88 Å². The van der Waals surface area contributed by atoms with Gasteiger partial charge in [-0.25, -0.2) is 9.78 Å². The van der Waals surface area contributed by atoms with E-state index in [0.717, 1.165) is 11.1 Å². The molecular weight excluding hydrogens is 358 g/mol.